The highest BCUT2D eigenvalue weighted by molar-refractivity contribution is 9.10. The Balaban J connectivity index is 2.55. The van der Waals surface area contributed by atoms with Crippen molar-refractivity contribution in [3.05, 3.63) is 46.0 Å². The van der Waals surface area contributed by atoms with Gasteiger partial charge in [0.2, 0.25) is 0 Å². The molecule has 1 atom stereocenters. The average Bonchev–Trinajstić information content (AvgIpc) is 2.75. The first-order valence-corrected chi connectivity index (χ1v) is 7.17. The van der Waals surface area contributed by atoms with E-state index in [-0.39, 0.29) is 6.04 Å². The third-order valence-electron chi connectivity index (χ3n) is 3.20. The molecule has 19 heavy (non-hydrogen) atoms. The minimum Gasteiger partial charge on any atom is -0.308 e. The van der Waals surface area contributed by atoms with Crippen molar-refractivity contribution in [3.8, 4) is 0 Å². The lowest BCUT2D eigenvalue weighted by molar-refractivity contribution is 0.482. The molecule has 0 aliphatic carbocycles. The molecule has 1 unspecified atom stereocenters. The van der Waals surface area contributed by atoms with Gasteiger partial charge in [-0.2, -0.15) is 5.10 Å². The van der Waals surface area contributed by atoms with E-state index in [0.717, 1.165) is 15.9 Å². The van der Waals surface area contributed by atoms with Crippen LogP contribution in [0.15, 0.2) is 29.0 Å². The number of pyridine rings is 1. The highest BCUT2D eigenvalue weighted by Crippen LogP contribution is 2.31. The molecule has 0 aliphatic rings. The Hall–Kier alpha value is -1.20. The molecule has 0 bridgehead atoms. The van der Waals surface area contributed by atoms with Gasteiger partial charge in [0, 0.05) is 17.9 Å². The van der Waals surface area contributed by atoms with Crippen LogP contribution in [-0.2, 0) is 0 Å². The molecule has 0 amide bonds. The third-order valence-corrected chi connectivity index (χ3v) is 3.81. The Morgan fingerprint density at radius 2 is 2.11 bits per heavy atom. The van der Waals surface area contributed by atoms with E-state index < -0.39 is 0 Å². The standard InChI is InChI=1S/C14H19BrN4/c1-9(2)19-14(12(15)8-18-19)13(16-4)11-6-5-7-17-10(11)3/h5-9,13,16H,1-4H3. The van der Waals surface area contributed by atoms with Gasteiger partial charge in [0.15, 0.2) is 0 Å². The van der Waals surface area contributed by atoms with Crippen molar-refractivity contribution >= 4 is 15.9 Å². The van der Waals surface area contributed by atoms with Crippen molar-refractivity contribution in [2.45, 2.75) is 32.9 Å². The van der Waals surface area contributed by atoms with Crippen molar-refractivity contribution in [1.29, 1.82) is 0 Å². The summed E-state index contributed by atoms with van der Waals surface area (Å²) in [5.74, 6) is 0. The van der Waals surface area contributed by atoms with E-state index >= 15 is 0 Å². The van der Waals surface area contributed by atoms with Crippen LogP contribution in [0.2, 0.25) is 0 Å². The van der Waals surface area contributed by atoms with E-state index in [1.807, 2.05) is 37.1 Å². The summed E-state index contributed by atoms with van der Waals surface area (Å²) in [5.41, 5.74) is 3.34. The molecule has 2 aromatic heterocycles. The van der Waals surface area contributed by atoms with E-state index in [2.05, 4.69) is 51.2 Å². The largest absolute Gasteiger partial charge is 0.308 e. The van der Waals surface area contributed by atoms with Crippen LogP contribution < -0.4 is 5.32 Å². The van der Waals surface area contributed by atoms with Gasteiger partial charge in [-0.1, -0.05) is 6.07 Å². The van der Waals surface area contributed by atoms with Crippen molar-refractivity contribution in [2.24, 2.45) is 0 Å². The number of halogens is 1. The number of rotatable bonds is 4. The molecular formula is C14H19BrN4. The SMILES string of the molecule is CNC(c1cccnc1C)c1c(Br)cnn1C(C)C. The molecule has 0 saturated carbocycles. The molecule has 0 fully saturated rings. The summed E-state index contributed by atoms with van der Waals surface area (Å²) >= 11 is 3.60. The van der Waals surface area contributed by atoms with Crippen LogP contribution in [0, 0.1) is 6.92 Å². The van der Waals surface area contributed by atoms with E-state index in [1.54, 1.807) is 0 Å². The highest BCUT2D eigenvalue weighted by Gasteiger charge is 2.23. The number of aryl methyl sites for hydroxylation is 1. The predicted octanol–water partition coefficient (Wildman–Crippen LogP) is 3.24. The zero-order valence-electron chi connectivity index (χ0n) is 11.7. The van der Waals surface area contributed by atoms with Crippen LogP contribution in [0.3, 0.4) is 0 Å². The molecule has 102 valence electrons. The number of nitrogens with one attached hydrogen (secondary N) is 1. The fraction of sp³-hybridized carbons (Fsp3) is 0.429. The van der Waals surface area contributed by atoms with E-state index in [4.69, 9.17) is 0 Å². The smallest absolute Gasteiger partial charge is 0.0775 e. The van der Waals surface area contributed by atoms with Gasteiger partial charge in [-0.25, -0.2) is 0 Å². The second-order valence-corrected chi connectivity index (χ2v) is 5.67. The number of hydrogen-bond acceptors (Lipinski definition) is 3. The van der Waals surface area contributed by atoms with Crippen LogP contribution in [0.4, 0.5) is 0 Å². The van der Waals surface area contributed by atoms with Gasteiger partial charge in [0.05, 0.1) is 22.4 Å². The first kappa shape index (κ1) is 14.2. The maximum atomic E-state index is 4.45. The van der Waals surface area contributed by atoms with Crippen molar-refractivity contribution in [2.75, 3.05) is 7.05 Å². The third kappa shape index (κ3) is 2.72. The van der Waals surface area contributed by atoms with Crippen LogP contribution >= 0.6 is 15.9 Å². The second-order valence-electron chi connectivity index (χ2n) is 4.82. The summed E-state index contributed by atoms with van der Waals surface area (Å²) in [5, 5.41) is 7.82. The monoisotopic (exact) mass is 322 g/mol. The fourth-order valence-corrected chi connectivity index (χ4v) is 2.78. The molecule has 0 saturated heterocycles. The Labute approximate surface area is 122 Å². The van der Waals surface area contributed by atoms with Crippen LogP contribution in [0.1, 0.15) is 42.9 Å². The molecule has 2 rings (SSSR count). The zero-order valence-corrected chi connectivity index (χ0v) is 13.3. The van der Waals surface area contributed by atoms with Crippen LogP contribution in [0.25, 0.3) is 0 Å². The average molecular weight is 323 g/mol. The minimum absolute atomic E-state index is 0.0768. The predicted molar refractivity (Wildman–Crippen MR) is 80.2 cm³/mol. The Bertz CT molecular complexity index is 562. The zero-order chi connectivity index (χ0) is 14.0. The second kappa shape index (κ2) is 5.84. The molecule has 0 spiro atoms. The van der Waals surface area contributed by atoms with Gasteiger partial charge in [-0.05, 0) is 55.4 Å². The molecule has 1 N–H and O–H groups in total. The summed E-state index contributed by atoms with van der Waals surface area (Å²) in [6.07, 6.45) is 3.67. The van der Waals surface area contributed by atoms with Gasteiger partial charge in [-0.3, -0.25) is 9.67 Å². The topological polar surface area (TPSA) is 42.7 Å². The summed E-state index contributed by atoms with van der Waals surface area (Å²) < 4.78 is 3.06. The maximum absolute atomic E-state index is 4.45. The van der Waals surface area contributed by atoms with E-state index in [0.29, 0.717) is 6.04 Å². The number of hydrogen-bond donors (Lipinski definition) is 1. The van der Waals surface area contributed by atoms with Gasteiger partial charge in [0.25, 0.3) is 0 Å². The summed E-state index contributed by atoms with van der Waals surface area (Å²) in [6, 6.07) is 4.46. The molecule has 4 nitrogen and oxygen atoms in total. The molecule has 2 heterocycles. The van der Waals surface area contributed by atoms with Crippen molar-refractivity contribution in [3.63, 3.8) is 0 Å². The van der Waals surface area contributed by atoms with Crippen molar-refractivity contribution < 1.29 is 0 Å². The number of aromatic nitrogens is 3. The summed E-state index contributed by atoms with van der Waals surface area (Å²) in [7, 11) is 1.96. The van der Waals surface area contributed by atoms with E-state index in [9.17, 15) is 0 Å². The minimum atomic E-state index is 0.0768. The Kier molecular flexibility index (Phi) is 4.37. The maximum Gasteiger partial charge on any atom is 0.0775 e. The number of nitrogens with zero attached hydrogens (tertiary/aromatic N) is 3. The Morgan fingerprint density at radius 1 is 1.37 bits per heavy atom. The Morgan fingerprint density at radius 3 is 2.68 bits per heavy atom. The first-order chi connectivity index (χ1) is 9.06. The fourth-order valence-electron chi connectivity index (χ4n) is 2.27. The first-order valence-electron chi connectivity index (χ1n) is 6.38. The summed E-state index contributed by atoms with van der Waals surface area (Å²) in [4.78, 5) is 4.38. The lowest BCUT2D eigenvalue weighted by Crippen LogP contribution is -2.23. The van der Waals surface area contributed by atoms with Crippen LogP contribution in [0.5, 0.6) is 0 Å². The lowest BCUT2D eigenvalue weighted by atomic mass is 10.0. The molecule has 0 aliphatic heterocycles. The van der Waals surface area contributed by atoms with E-state index in [1.165, 1.54) is 5.56 Å². The van der Waals surface area contributed by atoms with Crippen LogP contribution in [-0.4, -0.2) is 21.8 Å². The molecule has 0 radical (unpaired) electrons. The van der Waals surface area contributed by atoms with Gasteiger partial charge < -0.3 is 5.32 Å². The normalized spacial score (nSPS) is 12.9. The molecule has 2 aromatic rings. The lowest BCUT2D eigenvalue weighted by Gasteiger charge is -2.22. The van der Waals surface area contributed by atoms with Gasteiger partial charge >= 0.3 is 0 Å². The molecule has 5 heteroatoms. The highest BCUT2D eigenvalue weighted by atomic mass is 79.9. The van der Waals surface area contributed by atoms with Gasteiger partial charge in [0.1, 0.15) is 0 Å². The quantitative estimate of drug-likeness (QED) is 0.939. The molecule has 0 aromatic carbocycles. The van der Waals surface area contributed by atoms with Crippen molar-refractivity contribution in [1.82, 2.24) is 20.1 Å². The van der Waals surface area contributed by atoms with Gasteiger partial charge in [-0.15, -0.1) is 0 Å². The summed E-state index contributed by atoms with van der Waals surface area (Å²) in [6.45, 7) is 6.29. The molecular weight excluding hydrogens is 304 g/mol.